The first kappa shape index (κ1) is 24.1. The molecule has 0 aromatic heterocycles. The molecule has 0 aliphatic heterocycles. The summed E-state index contributed by atoms with van der Waals surface area (Å²) in [6, 6.07) is 29.2. The molecule has 0 N–H and O–H groups in total. The molecule has 0 atom stereocenters. The average molecular weight is 491 g/mol. The number of hydrogen-bond acceptors (Lipinski definition) is 5. The third-order valence-electron chi connectivity index (χ3n) is 6.24. The van der Waals surface area contributed by atoms with Gasteiger partial charge in [-0.3, -0.25) is 0 Å². The van der Waals surface area contributed by atoms with Gasteiger partial charge in [-0.2, -0.15) is 0 Å². The molecule has 0 radical (unpaired) electrons. The highest BCUT2D eigenvalue weighted by atomic mass is 16.5. The van der Waals surface area contributed by atoms with E-state index in [4.69, 9.17) is 14.2 Å². The summed E-state index contributed by atoms with van der Waals surface area (Å²) in [4.78, 5) is 24.1. The topological polar surface area (TPSA) is 61.8 Å². The number of hydrogen-bond donors (Lipinski definition) is 0. The van der Waals surface area contributed by atoms with E-state index in [0.717, 1.165) is 39.4 Å². The van der Waals surface area contributed by atoms with E-state index in [0.29, 0.717) is 36.7 Å². The number of ether oxygens (including phenoxy) is 3. The lowest BCUT2D eigenvalue weighted by Crippen LogP contribution is -2.09. The van der Waals surface area contributed by atoms with E-state index < -0.39 is 11.9 Å². The highest BCUT2D eigenvalue weighted by molar-refractivity contribution is 6.27. The number of unbranched alkanes of at least 4 members (excludes halogenated alkanes) is 1. The summed E-state index contributed by atoms with van der Waals surface area (Å²) >= 11 is 0. The van der Waals surface area contributed by atoms with E-state index in [2.05, 4.69) is 36.9 Å². The Hall–Kier alpha value is -4.64. The number of rotatable bonds is 9. The molecule has 184 valence electrons. The van der Waals surface area contributed by atoms with Crippen molar-refractivity contribution in [3.05, 3.63) is 109 Å². The Morgan fingerprint density at radius 1 is 0.676 bits per heavy atom. The second-order valence-electron chi connectivity index (χ2n) is 8.61. The molecule has 0 bridgehead atoms. The zero-order valence-corrected chi connectivity index (χ0v) is 20.3. The van der Waals surface area contributed by atoms with E-state index in [-0.39, 0.29) is 0 Å². The van der Waals surface area contributed by atoms with Crippen LogP contribution in [-0.4, -0.2) is 25.2 Å². The predicted octanol–water partition coefficient (Wildman–Crippen LogP) is 7.25. The van der Waals surface area contributed by atoms with E-state index in [1.54, 1.807) is 24.3 Å². The molecule has 5 aromatic rings. The molecule has 5 rings (SSSR count). The Labute approximate surface area is 214 Å². The highest BCUT2D eigenvalue weighted by Gasteiger charge is 2.15. The van der Waals surface area contributed by atoms with Gasteiger partial charge in [0, 0.05) is 11.5 Å². The van der Waals surface area contributed by atoms with E-state index in [1.807, 2.05) is 36.4 Å². The van der Waals surface area contributed by atoms with Gasteiger partial charge in [0.05, 0.1) is 18.8 Å². The summed E-state index contributed by atoms with van der Waals surface area (Å²) in [7, 11) is 0. The number of fused-ring (bicyclic) bond motifs is 6. The molecule has 5 aromatic carbocycles. The van der Waals surface area contributed by atoms with Crippen molar-refractivity contribution in [2.45, 2.75) is 12.8 Å². The van der Waals surface area contributed by atoms with E-state index in [1.165, 1.54) is 5.39 Å². The van der Waals surface area contributed by atoms with Crippen molar-refractivity contribution in [2.24, 2.45) is 0 Å². The van der Waals surface area contributed by atoms with Crippen molar-refractivity contribution in [3.63, 3.8) is 0 Å². The third-order valence-corrected chi connectivity index (χ3v) is 6.24. The van der Waals surface area contributed by atoms with E-state index >= 15 is 0 Å². The summed E-state index contributed by atoms with van der Waals surface area (Å²) in [5.74, 6) is 0.331. The van der Waals surface area contributed by atoms with Gasteiger partial charge in [0.2, 0.25) is 0 Å². The van der Waals surface area contributed by atoms with Gasteiger partial charge in [-0.05, 0) is 70.1 Å². The van der Waals surface area contributed by atoms with Crippen LogP contribution in [0.5, 0.6) is 11.5 Å². The first-order valence-electron chi connectivity index (χ1n) is 12.2. The minimum absolute atomic E-state index is 0.332. The standard InChI is InChI=1S/C32H26O5/c1-2-30(33)36-21-8-7-20-35-23-18-16-22(17-19-23)32(34)37-29-15-9-14-28-26-11-4-3-10-24(26)25-12-5-6-13-27(25)31(28)29/h2-6,9-19H,1,7-8,20-21H2. The maximum absolute atomic E-state index is 13.1. The van der Waals surface area contributed by atoms with Gasteiger partial charge in [0.15, 0.2) is 0 Å². The van der Waals surface area contributed by atoms with Gasteiger partial charge in [-0.1, -0.05) is 67.2 Å². The maximum atomic E-state index is 13.1. The minimum Gasteiger partial charge on any atom is -0.494 e. The summed E-state index contributed by atoms with van der Waals surface area (Å²) in [6.45, 7) is 4.17. The Morgan fingerprint density at radius 2 is 1.24 bits per heavy atom. The number of benzene rings is 5. The van der Waals surface area contributed by atoms with Gasteiger partial charge in [0.25, 0.3) is 0 Å². The van der Waals surface area contributed by atoms with Crippen LogP contribution in [0.4, 0.5) is 0 Å². The smallest absolute Gasteiger partial charge is 0.343 e. The van der Waals surface area contributed by atoms with Gasteiger partial charge in [0.1, 0.15) is 11.5 Å². The zero-order valence-electron chi connectivity index (χ0n) is 20.3. The fourth-order valence-electron chi connectivity index (χ4n) is 4.48. The molecular weight excluding hydrogens is 464 g/mol. The summed E-state index contributed by atoms with van der Waals surface area (Å²) in [5.41, 5.74) is 0.436. The number of carbonyl (C=O) groups is 2. The van der Waals surface area contributed by atoms with Gasteiger partial charge in [-0.25, -0.2) is 9.59 Å². The molecule has 0 saturated heterocycles. The van der Waals surface area contributed by atoms with Crippen LogP contribution in [0.15, 0.2) is 104 Å². The van der Waals surface area contributed by atoms with Crippen molar-refractivity contribution in [1.82, 2.24) is 0 Å². The quantitative estimate of drug-likeness (QED) is 0.0716. The van der Waals surface area contributed by atoms with Crippen LogP contribution in [0, 0.1) is 0 Å². The first-order chi connectivity index (χ1) is 18.2. The molecule has 5 heteroatoms. The Balaban J connectivity index is 1.32. The number of esters is 2. The second-order valence-corrected chi connectivity index (χ2v) is 8.61. The second kappa shape index (κ2) is 11.0. The van der Waals surface area contributed by atoms with Crippen molar-refractivity contribution >= 4 is 44.3 Å². The fraction of sp³-hybridized carbons (Fsp3) is 0.125. The Bertz CT molecular complexity index is 1560. The van der Waals surface area contributed by atoms with Crippen LogP contribution in [0.25, 0.3) is 32.3 Å². The lowest BCUT2D eigenvalue weighted by atomic mass is 9.94. The molecule has 5 nitrogen and oxygen atoms in total. The molecule has 0 amide bonds. The Morgan fingerprint density at radius 3 is 1.89 bits per heavy atom. The van der Waals surface area contributed by atoms with Crippen LogP contribution in [0.2, 0.25) is 0 Å². The van der Waals surface area contributed by atoms with Crippen LogP contribution < -0.4 is 9.47 Å². The normalized spacial score (nSPS) is 10.9. The van der Waals surface area contributed by atoms with Crippen molar-refractivity contribution in [1.29, 1.82) is 0 Å². The molecule has 0 heterocycles. The molecule has 0 unspecified atom stereocenters. The van der Waals surface area contributed by atoms with Gasteiger partial charge >= 0.3 is 11.9 Å². The summed E-state index contributed by atoms with van der Waals surface area (Å²) < 4.78 is 16.6. The molecule has 0 spiro atoms. The van der Waals surface area contributed by atoms with Gasteiger partial charge in [-0.15, -0.1) is 0 Å². The lowest BCUT2D eigenvalue weighted by Gasteiger charge is -2.14. The van der Waals surface area contributed by atoms with Crippen LogP contribution in [0.1, 0.15) is 23.2 Å². The number of carbonyl (C=O) groups excluding carboxylic acids is 2. The molecular formula is C32H26O5. The van der Waals surface area contributed by atoms with E-state index in [9.17, 15) is 9.59 Å². The van der Waals surface area contributed by atoms with Crippen molar-refractivity contribution in [2.75, 3.05) is 13.2 Å². The fourth-order valence-corrected chi connectivity index (χ4v) is 4.48. The third kappa shape index (κ3) is 5.16. The average Bonchev–Trinajstić information content (AvgIpc) is 2.95. The first-order valence-corrected chi connectivity index (χ1v) is 12.2. The van der Waals surface area contributed by atoms with Crippen molar-refractivity contribution in [3.8, 4) is 11.5 Å². The maximum Gasteiger partial charge on any atom is 0.343 e. The van der Waals surface area contributed by atoms with Gasteiger partial charge < -0.3 is 14.2 Å². The summed E-state index contributed by atoms with van der Waals surface area (Å²) in [6.07, 6.45) is 2.57. The van der Waals surface area contributed by atoms with Crippen LogP contribution >= 0.6 is 0 Å². The molecule has 0 fully saturated rings. The SMILES string of the molecule is C=CC(=O)OCCCCOc1ccc(C(=O)Oc2cccc3c4ccccc4c4ccccc4c23)cc1. The van der Waals surface area contributed by atoms with Crippen LogP contribution in [0.3, 0.4) is 0 Å². The molecule has 0 saturated carbocycles. The Kier molecular flexibility index (Phi) is 7.13. The van der Waals surface area contributed by atoms with Crippen LogP contribution in [-0.2, 0) is 9.53 Å². The molecule has 37 heavy (non-hydrogen) atoms. The largest absolute Gasteiger partial charge is 0.494 e. The minimum atomic E-state index is -0.430. The lowest BCUT2D eigenvalue weighted by molar-refractivity contribution is -0.137. The van der Waals surface area contributed by atoms with Crippen molar-refractivity contribution < 1.29 is 23.8 Å². The molecule has 0 aliphatic carbocycles. The predicted molar refractivity (Wildman–Crippen MR) is 146 cm³/mol. The molecule has 0 aliphatic rings. The monoisotopic (exact) mass is 490 g/mol. The highest BCUT2D eigenvalue weighted by Crippen LogP contribution is 2.39. The zero-order chi connectivity index (χ0) is 25.6. The summed E-state index contributed by atoms with van der Waals surface area (Å²) in [5, 5.41) is 6.42.